The van der Waals surface area contributed by atoms with Gasteiger partial charge in [0.25, 0.3) is 0 Å². The normalized spacial score (nSPS) is 28.2. The van der Waals surface area contributed by atoms with Gasteiger partial charge in [-0.3, -0.25) is 4.79 Å². The minimum absolute atomic E-state index is 0.236. The van der Waals surface area contributed by atoms with E-state index in [2.05, 4.69) is 39.5 Å². The monoisotopic (exact) mass is 239 g/mol. The van der Waals surface area contributed by atoms with E-state index in [0.29, 0.717) is 23.8 Å². The van der Waals surface area contributed by atoms with Crippen molar-refractivity contribution in [2.45, 2.75) is 66.3 Å². The second kappa shape index (κ2) is 6.42. The van der Waals surface area contributed by atoms with Gasteiger partial charge in [0.15, 0.2) is 0 Å². The van der Waals surface area contributed by atoms with Gasteiger partial charge in [-0.2, -0.15) is 0 Å². The number of amides is 1. The molecule has 0 aromatic carbocycles. The van der Waals surface area contributed by atoms with E-state index >= 15 is 0 Å². The first-order valence-corrected chi connectivity index (χ1v) is 7.35. The molecule has 0 bridgehead atoms. The molecule has 2 heteroatoms. The van der Waals surface area contributed by atoms with Crippen LogP contribution in [-0.2, 0) is 4.79 Å². The van der Waals surface area contributed by atoms with Gasteiger partial charge in [-0.05, 0) is 31.1 Å². The van der Waals surface area contributed by atoms with Crippen LogP contribution < -0.4 is 0 Å². The predicted molar refractivity (Wildman–Crippen MR) is 72.8 cm³/mol. The van der Waals surface area contributed by atoms with E-state index in [1.807, 2.05) is 0 Å². The summed E-state index contributed by atoms with van der Waals surface area (Å²) < 4.78 is 0. The summed E-state index contributed by atoms with van der Waals surface area (Å²) in [5.74, 6) is 1.84. The highest BCUT2D eigenvalue weighted by molar-refractivity contribution is 5.79. The van der Waals surface area contributed by atoms with Crippen LogP contribution in [0.5, 0.6) is 0 Å². The lowest BCUT2D eigenvalue weighted by Crippen LogP contribution is -2.41. The zero-order valence-corrected chi connectivity index (χ0v) is 12.2. The van der Waals surface area contributed by atoms with Crippen molar-refractivity contribution in [1.82, 2.24) is 4.90 Å². The molecule has 17 heavy (non-hydrogen) atoms. The molecule has 0 saturated carbocycles. The van der Waals surface area contributed by atoms with Crippen molar-refractivity contribution in [3.8, 4) is 0 Å². The highest BCUT2D eigenvalue weighted by Crippen LogP contribution is 2.30. The molecule has 1 aliphatic heterocycles. The maximum absolute atomic E-state index is 12.6. The fraction of sp³-hybridized carbons (Fsp3) is 0.933. The van der Waals surface area contributed by atoms with Crippen LogP contribution in [0.4, 0.5) is 0 Å². The van der Waals surface area contributed by atoms with Crippen LogP contribution in [0.2, 0.25) is 0 Å². The topological polar surface area (TPSA) is 20.3 Å². The third kappa shape index (κ3) is 3.23. The van der Waals surface area contributed by atoms with Crippen molar-refractivity contribution in [1.29, 1.82) is 0 Å². The average Bonchev–Trinajstić information content (AvgIpc) is 2.70. The Bertz CT molecular complexity index is 251. The summed E-state index contributed by atoms with van der Waals surface area (Å²) >= 11 is 0. The van der Waals surface area contributed by atoms with Crippen LogP contribution in [0, 0.1) is 17.8 Å². The Morgan fingerprint density at radius 2 is 1.94 bits per heavy atom. The van der Waals surface area contributed by atoms with Crippen LogP contribution in [0.15, 0.2) is 0 Å². The van der Waals surface area contributed by atoms with Crippen molar-refractivity contribution in [2.75, 3.05) is 6.54 Å². The molecule has 0 N–H and O–H groups in total. The van der Waals surface area contributed by atoms with Gasteiger partial charge >= 0.3 is 0 Å². The first-order chi connectivity index (χ1) is 8.04. The van der Waals surface area contributed by atoms with Gasteiger partial charge in [0.1, 0.15) is 0 Å². The SMILES string of the molecule is CCC(C)C(CC)C(=O)N1CC(C)C[C@H]1CC. The van der Waals surface area contributed by atoms with Gasteiger partial charge in [-0.1, -0.05) is 41.0 Å². The van der Waals surface area contributed by atoms with E-state index in [-0.39, 0.29) is 5.92 Å². The molecular formula is C15H29NO. The lowest BCUT2D eigenvalue weighted by atomic mass is 9.88. The molecule has 4 atom stereocenters. The van der Waals surface area contributed by atoms with Crippen molar-refractivity contribution in [3.05, 3.63) is 0 Å². The molecule has 1 aliphatic rings. The van der Waals surface area contributed by atoms with Gasteiger partial charge in [-0.25, -0.2) is 0 Å². The van der Waals surface area contributed by atoms with Crippen LogP contribution in [0.25, 0.3) is 0 Å². The number of hydrogen-bond donors (Lipinski definition) is 0. The third-order valence-corrected chi connectivity index (χ3v) is 4.47. The van der Waals surface area contributed by atoms with Crippen LogP contribution in [-0.4, -0.2) is 23.4 Å². The number of carbonyl (C=O) groups is 1. The molecule has 3 unspecified atom stereocenters. The fourth-order valence-electron chi connectivity index (χ4n) is 3.13. The summed E-state index contributed by atoms with van der Waals surface area (Å²) in [6.07, 6.45) is 4.38. The van der Waals surface area contributed by atoms with Gasteiger partial charge < -0.3 is 4.90 Å². The quantitative estimate of drug-likeness (QED) is 0.716. The zero-order chi connectivity index (χ0) is 13.0. The molecule has 1 amide bonds. The Morgan fingerprint density at radius 1 is 1.29 bits per heavy atom. The Balaban J connectivity index is 2.73. The Hall–Kier alpha value is -0.530. The summed E-state index contributed by atoms with van der Waals surface area (Å²) in [5.41, 5.74) is 0. The predicted octanol–water partition coefficient (Wildman–Crippen LogP) is 3.71. The molecule has 0 aromatic rings. The molecule has 2 nitrogen and oxygen atoms in total. The molecule has 1 saturated heterocycles. The van der Waals surface area contributed by atoms with Crippen LogP contribution in [0.3, 0.4) is 0 Å². The van der Waals surface area contributed by atoms with Crippen molar-refractivity contribution < 1.29 is 4.79 Å². The molecule has 1 heterocycles. The van der Waals surface area contributed by atoms with Gasteiger partial charge in [0, 0.05) is 18.5 Å². The molecule has 0 aliphatic carbocycles. The summed E-state index contributed by atoms with van der Waals surface area (Å²) in [6, 6.07) is 0.496. The number of rotatable bonds is 5. The summed E-state index contributed by atoms with van der Waals surface area (Å²) in [4.78, 5) is 14.8. The molecule has 0 radical (unpaired) electrons. The maximum Gasteiger partial charge on any atom is 0.226 e. The lowest BCUT2D eigenvalue weighted by molar-refractivity contribution is -0.138. The highest BCUT2D eigenvalue weighted by atomic mass is 16.2. The number of hydrogen-bond acceptors (Lipinski definition) is 1. The van der Waals surface area contributed by atoms with Crippen molar-refractivity contribution in [3.63, 3.8) is 0 Å². The first-order valence-electron chi connectivity index (χ1n) is 7.35. The van der Waals surface area contributed by atoms with E-state index in [0.717, 1.165) is 25.8 Å². The van der Waals surface area contributed by atoms with Crippen LogP contribution in [0.1, 0.15) is 60.3 Å². The summed E-state index contributed by atoms with van der Waals surface area (Å²) in [5, 5.41) is 0. The molecule has 1 rings (SSSR count). The van der Waals surface area contributed by atoms with Gasteiger partial charge in [0.2, 0.25) is 5.91 Å². The Labute approximate surface area is 107 Å². The maximum atomic E-state index is 12.6. The number of likely N-dealkylation sites (tertiary alicyclic amines) is 1. The van der Waals surface area contributed by atoms with E-state index in [9.17, 15) is 4.79 Å². The Kier molecular flexibility index (Phi) is 5.48. The zero-order valence-electron chi connectivity index (χ0n) is 12.2. The van der Waals surface area contributed by atoms with E-state index in [4.69, 9.17) is 0 Å². The smallest absolute Gasteiger partial charge is 0.226 e. The van der Waals surface area contributed by atoms with Gasteiger partial charge in [0.05, 0.1) is 0 Å². The molecular weight excluding hydrogens is 210 g/mol. The van der Waals surface area contributed by atoms with E-state index in [1.165, 1.54) is 6.42 Å². The summed E-state index contributed by atoms with van der Waals surface area (Å²) in [6.45, 7) is 12.0. The lowest BCUT2D eigenvalue weighted by Gasteiger charge is -2.30. The minimum atomic E-state index is 0.236. The van der Waals surface area contributed by atoms with E-state index < -0.39 is 0 Å². The third-order valence-electron chi connectivity index (χ3n) is 4.47. The van der Waals surface area contributed by atoms with E-state index in [1.54, 1.807) is 0 Å². The average molecular weight is 239 g/mol. The number of nitrogens with zero attached hydrogens (tertiary/aromatic N) is 1. The Morgan fingerprint density at radius 3 is 2.41 bits per heavy atom. The van der Waals surface area contributed by atoms with Gasteiger partial charge in [-0.15, -0.1) is 0 Å². The number of carbonyl (C=O) groups excluding carboxylic acids is 1. The first kappa shape index (κ1) is 14.5. The summed E-state index contributed by atoms with van der Waals surface area (Å²) in [7, 11) is 0. The standard InChI is InChI=1S/C15H29NO/c1-6-12(5)14(8-3)15(17)16-10-11(4)9-13(16)7-2/h11-14H,6-10H2,1-5H3/t11?,12?,13-,14?/m1/s1. The second-order valence-electron chi connectivity index (χ2n) is 5.79. The molecule has 1 fully saturated rings. The fourth-order valence-corrected chi connectivity index (χ4v) is 3.13. The minimum Gasteiger partial charge on any atom is -0.339 e. The van der Waals surface area contributed by atoms with Crippen LogP contribution >= 0.6 is 0 Å². The van der Waals surface area contributed by atoms with Crippen molar-refractivity contribution in [2.24, 2.45) is 17.8 Å². The molecule has 0 spiro atoms. The molecule has 0 aromatic heterocycles. The second-order valence-corrected chi connectivity index (χ2v) is 5.79. The van der Waals surface area contributed by atoms with Crippen molar-refractivity contribution >= 4 is 5.91 Å². The molecule has 100 valence electrons. The largest absolute Gasteiger partial charge is 0.339 e. The highest BCUT2D eigenvalue weighted by Gasteiger charge is 2.35.